The van der Waals surface area contributed by atoms with Gasteiger partial charge in [0.1, 0.15) is 12.1 Å². The molecule has 8 heteroatoms. The third-order valence-corrected chi connectivity index (χ3v) is 9.36. The number of hydrogen-bond donors (Lipinski definition) is 4. The molecule has 0 spiro atoms. The number of rotatable bonds is 14. The van der Waals surface area contributed by atoms with Gasteiger partial charge in [-0.1, -0.05) is 70.6 Å². The zero-order valence-corrected chi connectivity index (χ0v) is 22.5. The molecule has 4 rings (SSSR count). The minimum absolute atomic E-state index is 0.00963. The van der Waals surface area contributed by atoms with E-state index < -0.39 is 0 Å². The lowest BCUT2D eigenvalue weighted by atomic mass is 9.67. The molecule has 6 atom stereocenters. The Morgan fingerprint density at radius 3 is 1.54 bits per heavy atom. The largest absolute Gasteiger partial charge is 0.352 e. The van der Waals surface area contributed by atoms with E-state index in [1.54, 1.807) is 0 Å². The Labute approximate surface area is 222 Å². The van der Waals surface area contributed by atoms with E-state index in [0.717, 1.165) is 49.4 Å². The first-order chi connectivity index (χ1) is 18.0. The number of unbranched alkanes of at least 4 members (excludes halogenated alkanes) is 3. The van der Waals surface area contributed by atoms with Crippen molar-refractivity contribution in [3.05, 3.63) is 0 Å². The smallest absolute Gasteiger partial charge is 0.244 e. The van der Waals surface area contributed by atoms with Crippen LogP contribution in [0, 0.1) is 23.7 Å². The van der Waals surface area contributed by atoms with Crippen LogP contribution >= 0.6 is 0 Å². The molecule has 208 valence electrons. The number of carbonyl (C=O) groups is 4. The third kappa shape index (κ3) is 8.71. The summed E-state index contributed by atoms with van der Waals surface area (Å²) in [6.45, 7) is 1.13. The van der Waals surface area contributed by atoms with Gasteiger partial charge in [-0.3, -0.25) is 19.2 Å². The molecule has 2 saturated carbocycles. The summed E-state index contributed by atoms with van der Waals surface area (Å²) >= 11 is 0. The zero-order chi connectivity index (χ0) is 26.0. The van der Waals surface area contributed by atoms with Crippen molar-refractivity contribution < 1.29 is 19.2 Å². The van der Waals surface area contributed by atoms with Crippen LogP contribution in [0.4, 0.5) is 0 Å². The second kappa shape index (κ2) is 14.1. The molecule has 4 amide bonds. The molecule has 0 aromatic heterocycles. The number of nitrogens with one attached hydrogen (secondary N) is 4. The third-order valence-electron chi connectivity index (χ3n) is 9.36. The maximum absolute atomic E-state index is 12.0. The van der Waals surface area contributed by atoms with E-state index in [9.17, 15) is 19.2 Å². The second-order valence-electron chi connectivity index (χ2n) is 12.2. The molecule has 0 bridgehead atoms. The highest BCUT2D eigenvalue weighted by Gasteiger charge is 2.32. The average Bonchev–Trinajstić information content (AvgIpc) is 2.91. The SMILES string of the molecule is O=C(CCCCCC1CCCC(C2CCCC(CCCCC(=O)N[C@H]3CNC3=O)C2)C1)N[C@H]1CNC1=O. The Bertz CT molecular complexity index is 803. The van der Waals surface area contributed by atoms with Crippen LogP contribution in [0.25, 0.3) is 0 Å². The molecule has 4 N–H and O–H groups in total. The lowest BCUT2D eigenvalue weighted by Crippen LogP contribution is -2.61. The van der Waals surface area contributed by atoms with Crippen molar-refractivity contribution in [1.29, 1.82) is 0 Å². The molecule has 2 saturated heterocycles. The van der Waals surface area contributed by atoms with Gasteiger partial charge in [0.15, 0.2) is 0 Å². The van der Waals surface area contributed by atoms with Crippen LogP contribution in [0.5, 0.6) is 0 Å². The van der Waals surface area contributed by atoms with Gasteiger partial charge in [-0.05, 0) is 49.4 Å². The van der Waals surface area contributed by atoms with Crippen LogP contribution in [0.15, 0.2) is 0 Å². The summed E-state index contributed by atoms with van der Waals surface area (Å²) in [7, 11) is 0. The number of carbonyl (C=O) groups excluding carboxylic acids is 4. The van der Waals surface area contributed by atoms with Crippen molar-refractivity contribution in [3.8, 4) is 0 Å². The standard InChI is InChI=1S/C29H48N4O4/c34-26(32-24-18-30-28(24)36)14-3-1-2-8-20-10-6-12-22(16-20)23-13-7-11-21(17-23)9-4-5-15-27(35)33-25-19-31-29(25)37/h20-25H,1-19H2,(H,30,36)(H,31,37)(H,32,34)(H,33,35)/t20?,21?,22?,23?,24-,25-/m0/s1. The zero-order valence-electron chi connectivity index (χ0n) is 22.5. The van der Waals surface area contributed by atoms with Crippen molar-refractivity contribution in [2.75, 3.05) is 13.1 Å². The minimum atomic E-state index is -0.306. The molecule has 2 aliphatic heterocycles. The van der Waals surface area contributed by atoms with Crippen LogP contribution in [-0.2, 0) is 19.2 Å². The predicted molar refractivity (Wildman–Crippen MR) is 142 cm³/mol. The van der Waals surface area contributed by atoms with Crippen LogP contribution in [0.1, 0.15) is 109 Å². The molecule has 4 fully saturated rings. The van der Waals surface area contributed by atoms with Gasteiger partial charge in [0.2, 0.25) is 23.6 Å². The van der Waals surface area contributed by atoms with Gasteiger partial charge >= 0.3 is 0 Å². The fraction of sp³-hybridized carbons (Fsp3) is 0.862. The summed E-state index contributed by atoms with van der Waals surface area (Å²) in [6.07, 6.45) is 19.9. The number of hydrogen-bond acceptors (Lipinski definition) is 4. The van der Waals surface area contributed by atoms with Crippen LogP contribution in [0.2, 0.25) is 0 Å². The van der Waals surface area contributed by atoms with Gasteiger partial charge in [-0.2, -0.15) is 0 Å². The van der Waals surface area contributed by atoms with Gasteiger partial charge in [0.25, 0.3) is 0 Å². The van der Waals surface area contributed by atoms with Crippen molar-refractivity contribution in [1.82, 2.24) is 21.3 Å². The molecule has 0 radical (unpaired) electrons. The Morgan fingerprint density at radius 1 is 0.649 bits per heavy atom. The Kier molecular flexibility index (Phi) is 10.7. The summed E-state index contributed by atoms with van der Waals surface area (Å²) in [5.41, 5.74) is 0. The summed E-state index contributed by atoms with van der Waals surface area (Å²) < 4.78 is 0. The molecule has 2 heterocycles. The van der Waals surface area contributed by atoms with Crippen LogP contribution < -0.4 is 21.3 Å². The number of amides is 4. The Morgan fingerprint density at radius 2 is 1.11 bits per heavy atom. The van der Waals surface area contributed by atoms with Gasteiger partial charge in [0.05, 0.1) is 0 Å². The highest BCUT2D eigenvalue weighted by molar-refractivity contribution is 5.92. The normalized spacial score (nSPS) is 31.4. The number of β-lactam (4-membered cyclic amide) rings is 2. The van der Waals surface area contributed by atoms with Crippen LogP contribution in [-0.4, -0.2) is 48.8 Å². The van der Waals surface area contributed by atoms with E-state index in [0.29, 0.717) is 25.9 Å². The topological polar surface area (TPSA) is 116 Å². The van der Waals surface area contributed by atoms with E-state index in [1.165, 1.54) is 70.6 Å². The fourth-order valence-corrected chi connectivity index (χ4v) is 7.00. The first kappa shape index (κ1) is 27.9. The van der Waals surface area contributed by atoms with E-state index in [4.69, 9.17) is 0 Å². The second-order valence-corrected chi connectivity index (χ2v) is 12.2. The summed E-state index contributed by atoms with van der Waals surface area (Å²) in [4.78, 5) is 46.5. The van der Waals surface area contributed by atoms with E-state index in [-0.39, 0.29) is 35.7 Å². The highest BCUT2D eigenvalue weighted by Crippen LogP contribution is 2.44. The summed E-state index contributed by atoms with van der Waals surface area (Å²) in [5, 5.41) is 10.9. The monoisotopic (exact) mass is 516 g/mol. The first-order valence-corrected chi connectivity index (χ1v) is 15.1. The van der Waals surface area contributed by atoms with Crippen LogP contribution in [0.3, 0.4) is 0 Å². The van der Waals surface area contributed by atoms with Gasteiger partial charge in [0, 0.05) is 25.9 Å². The Balaban J connectivity index is 1.05. The summed E-state index contributed by atoms with van der Waals surface area (Å²) in [6, 6.07) is -0.611. The van der Waals surface area contributed by atoms with Gasteiger partial charge < -0.3 is 21.3 Å². The predicted octanol–water partition coefficient (Wildman–Crippen LogP) is 3.34. The molecule has 0 aromatic rings. The quantitative estimate of drug-likeness (QED) is 0.209. The molecule has 8 nitrogen and oxygen atoms in total. The highest BCUT2D eigenvalue weighted by atomic mass is 16.2. The molecular weight excluding hydrogens is 468 g/mol. The lowest BCUT2D eigenvalue weighted by molar-refractivity contribution is -0.133. The molecule has 37 heavy (non-hydrogen) atoms. The maximum atomic E-state index is 12.0. The fourth-order valence-electron chi connectivity index (χ4n) is 7.00. The van der Waals surface area contributed by atoms with Crippen molar-refractivity contribution in [2.24, 2.45) is 23.7 Å². The average molecular weight is 517 g/mol. The van der Waals surface area contributed by atoms with Gasteiger partial charge in [-0.15, -0.1) is 0 Å². The lowest BCUT2D eigenvalue weighted by Gasteiger charge is -2.39. The minimum Gasteiger partial charge on any atom is -0.352 e. The summed E-state index contributed by atoms with van der Waals surface area (Å²) in [5.74, 6) is 3.34. The first-order valence-electron chi connectivity index (χ1n) is 15.1. The van der Waals surface area contributed by atoms with Gasteiger partial charge in [-0.25, -0.2) is 0 Å². The van der Waals surface area contributed by atoms with E-state index in [2.05, 4.69) is 21.3 Å². The van der Waals surface area contributed by atoms with Crippen molar-refractivity contribution in [3.63, 3.8) is 0 Å². The Hall–Kier alpha value is -2.12. The molecular formula is C29H48N4O4. The maximum Gasteiger partial charge on any atom is 0.244 e. The molecule has 4 unspecified atom stereocenters. The molecule has 4 aliphatic rings. The van der Waals surface area contributed by atoms with E-state index in [1.807, 2.05) is 0 Å². The van der Waals surface area contributed by atoms with Crippen molar-refractivity contribution >= 4 is 23.6 Å². The van der Waals surface area contributed by atoms with Crippen molar-refractivity contribution in [2.45, 2.75) is 121 Å². The van der Waals surface area contributed by atoms with E-state index >= 15 is 0 Å². The molecule has 2 aliphatic carbocycles. The molecule has 0 aromatic carbocycles.